The molecule has 0 spiro atoms. The third kappa shape index (κ3) is 5.83. The Balaban J connectivity index is 1.34. The van der Waals surface area contributed by atoms with Gasteiger partial charge in [0.05, 0.1) is 6.61 Å². The third-order valence-electron chi connectivity index (χ3n) is 4.63. The Hall–Kier alpha value is -1.37. The van der Waals surface area contributed by atoms with Gasteiger partial charge in [0.2, 0.25) is 0 Å². The van der Waals surface area contributed by atoms with Crippen LogP contribution < -0.4 is 5.32 Å². The van der Waals surface area contributed by atoms with E-state index in [1.807, 2.05) is 18.2 Å². The average Bonchev–Trinajstić information content (AvgIpc) is 3.00. The zero-order valence-corrected chi connectivity index (χ0v) is 15.8. The maximum atomic E-state index is 5.73. The maximum Gasteiger partial charge on any atom is 0.190 e. The zero-order valence-electron chi connectivity index (χ0n) is 15.0. The molecule has 2 aromatic rings. The molecule has 1 aliphatic rings. The van der Waals surface area contributed by atoms with E-state index in [1.54, 1.807) is 11.8 Å². The number of benzene rings is 1. The number of nitrogens with zero attached hydrogens (tertiary/aromatic N) is 3. The number of thioether (sulfide) groups is 1. The normalized spacial score (nSPS) is 15.6. The molecule has 1 aromatic carbocycles. The molecule has 0 atom stereocenters. The number of rotatable bonds is 9. The molecule has 0 saturated carbocycles. The Bertz CT molecular complexity index is 626. The summed E-state index contributed by atoms with van der Waals surface area (Å²) in [6.45, 7) is 3.73. The molecule has 3 rings (SSSR count). The second kappa shape index (κ2) is 9.94. The average molecular weight is 361 g/mol. The summed E-state index contributed by atoms with van der Waals surface area (Å²) in [4.78, 5) is 0. The second-order valence-electron chi connectivity index (χ2n) is 6.60. The molecule has 6 heteroatoms. The van der Waals surface area contributed by atoms with Crippen molar-refractivity contribution in [3.05, 3.63) is 41.7 Å². The Morgan fingerprint density at radius 1 is 1.20 bits per heavy atom. The van der Waals surface area contributed by atoms with Gasteiger partial charge < -0.3 is 14.6 Å². The van der Waals surface area contributed by atoms with Crippen LogP contribution in [0.2, 0.25) is 0 Å². The summed E-state index contributed by atoms with van der Waals surface area (Å²) in [5, 5.41) is 13.2. The SMILES string of the molecule is Cn1c(CC2CCNCC2)nnc1SCCCOCc1ccccc1. The predicted molar refractivity (Wildman–Crippen MR) is 102 cm³/mol. The van der Waals surface area contributed by atoms with Crippen LogP contribution in [0.15, 0.2) is 35.5 Å². The number of aromatic nitrogens is 3. The van der Waals surface area contributed by atoms with Gasteiger partial charge in [0.25, 0.3) is 0 Å². The standard InChI is InChI=1S/C19H28N4OS/c1-23-18(14-16-8-10-20-11-9-16)21-22-19(23)25-13-5-12-24-15-17-6-3-2-4-7-17/h2-4,6-7,16,20H,5,8-15H2,1H3. The highest BCUT2D eigenvalue weighted by Crippen LogP contribution is 2.21. The van der Waals surface area contributed by atoms with Crippen LogP contribution in [0.25, 0.3) is 0 Å². The molecule has 0 unspecified atom stereocenters. The van der Waals surface area contributed by atoms with Gasteiger partial charge in [-0.05, 0) is 43.8 Å². The number of ether oxygens (including phenoxy) is 1. The molecular weight excluding hydrogens is 332 g/mol. The fourth-order valence-electron chi connectivity index (χ4n) is 3.08. The van der Waals surface area contributed by atoms with E-state index in [2.05, 4.69) is 39.3 Å². The molecule has 0 amide bonds. The van der Waals surface area contributed by atoms with Crippen molar-refractivity contribution in [3.63, 3.8) is 0 Å². The van der Waals surface area contributed by atoms with Gasteiger partial charge in [-0.15, -0.1) is 10.2 Å². The summed E-state index contributed by atoms with van der Waals surface area (Å²) < 4.78 is 7.90. The fourth-order valence-corrected chi connectivity index (χ4v) is 3.92. The monoisotopic (exact) mass is 360 g/mol. The molecule has 1 aliphatic heterocycles. The van der Waals surface area contributed by atoms with Crippen LogP contribution in [0, 0.1) is 5.92 Å². The van der Waals surface area contributed by atoms with Crippen LogP contribution in [0.5, 0.6) is 0 Å². The van der Waals surface area contributed by atoms with Crippen LogP contribution in [0.4, 0.5) is 0 Å². The van der Waals surface area contributed by atoms with Crippen molar-refractivity contribution in [2.75, 3.05) is 25.4 Å². The van der Waals surface area contributed by atoms with Gasteiger partial charge in [-0.3, -0.25) is 0 Å². The van der Waals surface area contributed by atoms with Crippen molar-refractivity contribution < 1.29 is 4.74 Å². The summed E-state index contributed by atoms with van der Waals surface area (Å²) in [6.07, 6.45) is 4.56. The Morgan fingerprint density at radius 3 is 2.80 bits per heavy atom. The van der Waals surface area contributed by atoms with Crippen molar-refractivity contribution in [1.29, 1.82) is 0 Å². The fraction of sp³-hybridized carbons (Fsp3) is 0.579. The second-order valence-corrected chi connectivity index (χ2v) is 7.66. The Labute approximate surface area is 154 Å². The lowest BCUT2D eigenvalue weighted by Crippen LogP contribution is -2.29. The van der Waals surface area contributed by atoms with Crippen LogP contribution in [0.3, 0.4) is 0 Å². The molecule has 1 aromatic heterocycles. The first-order valence-corrected chi connectivity index (χ1v) is 10.1. The summed E-state index contributed by atoms with van der Waals surface area (Å²) in [5.41, 5.74) is 1.23. The number of piperidine rings is 1. The first-order chi connectivity index (χ1) is 12.3. The van der Waals surface area contributed by atoms with Gasteiger partial charge in [-0.1, -0.05) is 42.1 Å². The molecule has 1 N–H and O–H groups in total. The predicted octanol–water partition coefficient (Wildman–Crippen LogP) is 3.06. The van der Waals surface area contributed by atoms with E-state index < -0.39 is 0 Å². The van der Waals surface area contributed by atoms with Gasteiger partial charge in [0, 0.05) is 25.8 Å². The Kier molecular flexibility index (Phi) is 7.33. The lowest BCUT2D eigenvalue weighted by atomic mass is 9.94. The number of hydrogen-bond acceptors (Lipinski definition) is 5. The van der Waals surface area contributed by atoms with Crippen molar-refractivity contribution in [3.8, 4) is 0 Å². The smallest absolute Gasteiger partial charge is 0.190 e. The van der Waals surface area contributed by atoms with Crippen molar-refractivity contribution in [1.82, 2.24) is 20.1 Å². The van der Waals surface area contributed by atoms with Crippen molar-refractivity contribution in [2.24, 2.45) is 13.0 Å². The molecule has 25 heavy (non-hydrogen) atoms. The van der Waals surface area contributed by atoms with E-state index in [4.69, 9.17) is 4.74 Å². The van der Waals surface area contributed by atoms with E-state index in [0.717, 1.165) is 55.2 Å². The van der Waals surface area contributed by atoms with Gasteiger partial charge in [-0.25, -0.2) is 0 Å². The summed E-state index contributed by atoms with van der Waals surface area (Å²) in [7, 11) is 2.09. The van der Waals surface area contributed by atoms with E-state index in [1.165, 1.54) is 18.4 Å². The largest absolute Gasteiger partial charge is 0.377 e. The topological polar surface area (TPSA) is 52.0 Å². The maximum absolute atomic E-state index is 5.73. The molecule has 1 fully saturated rings. The third-order valence-corrected chi connectivity index (χ3v) is 5.74. The molecule has 136 valence electrons. The summed E-state index contributed by atoms with van der Waals surface area (Å²) in [6, 6.07) is 10.3. The first kappa shape index (κ1) is 18.4. The minimum absolute atomic E-state index is 0.690. The first-order valence-electron chi connectivity index (χ1n) is 9.16. The van der Waals surface area contributed by atoms with Gasteiger partial charge in [0.1, 0.15) is 5.82 Å². The highest BCUT2D eigenvalue weighted by molar-refractivity contribution is 7.99. The van der Waals surface area contributed by atoms with Crippen molar-refractivity contribution >= 4 is 11.8 Å². The van der Waals surface area contributed by atoms with Gasteiger partial charge >= 0.3 is 0 Å². The van der Waals surface area contributed by atoms with E-state index in [-0.39, 0.29) is 0 Å². The van der Waals surface area contributed by atoms with E-state index in [9.17, 15) is 0 Å². The van der Waals surface area contributed by atoms with E-state index in [0.29, 0.717) is 6.61 Å². The van der Waals surface area contributed by atoms with Crippen LogP contribution >= 0.6 is 11.8 Å². The zero-order chi connectivity index (χ0) is 17.3. The van der Waals surface area contributed by atoms with Gasteiger partial charge in [-0.2, -0.15) is 0 Å². The van der Waals surface area contributed by atoms with Gasteiger partial charge in [0.15, 0.2) is 5.16 Å². The molecule has 0 aliphatic carbocycles. The summed E-state index contributed by atoms with van der Waals surface area (Å²) >= 11 is 1.77. The molecule has 0 bridgehead atoms. The number of hydrogen-bond donors (Lipinski definition) is 1. The van der Waals surface area contributed by atoms with Crippen molar-refractivity contribution in [2.45, 2.75) is 37.4 Å². The van der Waals surface area contributed by atoms with Crippen LogP contribution in [-0.2, 0) is 24.8 Å². The molecule has 5 nitrogen and oxygen atoms in total. The molecular formula is C19H28N4OS. The number of nitrogens with one attached hydrogen (secondary N) is 1. The van der Waals surface area contributed by atoms with Crippen LogP contribution in [0.1, 0.15) is 30.7 Å². The molecule has 2 heterocycles. The minimum Gasteiger partial charge on any atom is -0.377 e. The van der Waals surface area contributed by atoms with E-state index >= 15 is 0 Å². The summed E-state index contributed by atoms with van der Waals surface area (Å²) in [5.74, 6) is 2.87. The highest BCUT2D eigenvalue weighted by atomic mass is 32.2. The highest BCUT2D eigenvalue weighted by Gasteiger charge is 2.17. The molecule has 0 radical (unpaired) electrons. The lowest BCUT2D eigenvalue weighted by Gasteiger charge is -2.21. The minimum atomic E-state index is 0.690. The lowest BCUT2D eigenvalue weighted by molar-refractivity contribution is 0.122. The van der Waals surface area contributed by atoms with Crippen LogP contribution in [-0.4, -0.2) is 40.2 Å². The molecule has 1 saturated heterocycles. The Morgan fingerprint density at radius 2 is 2.00 bits per heavy atom. The quantitative estimate of drug-likeness (QED) is 0.550.